The monoisotopic (exact) mass is 490 g/mol. The van der Waals surface area contributed by atoms with Gasteiger partial charge in [-0.2, -0.15) is 0 Å². The molecule has 11 heteroatoms. The van der Waals surface area contributed by atoms with Gasteiger partial charge in [0.1, 0.15) is 17.3 Å². The van der Waals surface area contributed by atoms with E-state index >= 15 is 0 Å². The highest BCUT2D eigenvalue weighted by molar-refractivity contribution is 7.89. The molecule has 1 aromatic heterocycles. The van der Waals surface area contributed by atoms with Gasteiger partial charge in [0.15, 0.2) is 0 Å². The summed E-state index contributed by atoms with van der Waals surface area (Å²) in [4.78, 5) is 0.115. The third-order valence-corrected chi connectivity index (χ3v) is 7.35. The summed E-state index contributed by atoms with van der Waals surface area (Å²) in [7, 11) is -2.27. The molecule has 0 spiro atoms. The highest BCUT2D eigenvalue weighted by atomic mass is 32.2. The van der Waals surface area contributed by atoms with Crippen molar-refractivity contribution in [3.8, 4) is 17.0 Å². The minimum absolute atomic E-state index is 0.115. The molecule has 0 aliphatic carbocycles. The molecule has 3 atom stereocenters. The Morgan fingerprint density at radius 2 is 1.97 bits per heavy atom. The van der Waals surface area contributed by atoms with Crippen molar-refractivity contribution in [2.45, 2.75) is 49.0 Å². The van der Waals surface area contributed by atoms with Gasteiger partial charge in [-0.3, -0.25) is 4.68 Å². The Labute approximate surface area is 197 Å². The van der Waals surface area contributed by atoms with E-state index in [2.05, 4.69) is 15.0 Å². The average Bonchev–Trinajstić information content (AvgIpc) is 3.32. The van der Waals surface area contributed by atoms with Gasteiger partial charge in [0.05, 0.1) is 43.1 Å². The number of aryl methyl sites for hydroxylation is 1. The van der Waals surface area contributed by atoms with Crippen LogP contribution in [0.5, 0.6) is 5.75 Å². The molecule has 1 saturated heterocycles. The first-order chi connectivity index (χ1) is 16.4. The molecule has 2 aromatic carbocycles. The van der Waals surface area contributed by atoms with E-state index in [0.29, 0.717) is 42.8 Å². The van der Waals surface area contributed by atoms with Crippen LogP contribution in [-0.4, -0.2) is 60.5 Å². The molecule has 182 valence electrons. The first kappa shape index (κ1) is 24.3. The van der Waals surface area contributed by atoms with Crippen LogP contribution in [0, 0.1) is 5.82 Å². The van der Waals surface area contributed by atoms with Crippen LogP contribution in [0.3, 0.4) is 0 Å². The molecule has 4 rings (SSSR count). The van der Waals surface area contributed by atoms with E-state index in [1.807, 2.05) is 0 Å². The summed E-state index contributed by atoms with van der Waals surface area (Å²) in [6, 6.07) is 11.9. The summed E-state index contributed by atoms with van der Waals surface area (Å²) in [5, 5.41) is 17.9. The lowest BCUT2D eigenvalue weighted by Gasteiger charge is -2.36. The predicted molar refractivity (Wildman–Crippen MR) is 122 cm³/mol. The van der Waals surface area contributed by atoms with Gasteiger partial charge in [-0.15, -0.1) is 5.10 Å². The molecule has 0 amide bonds. The van der Waals surface area contributed by atoms with Crippen LogP contribution in [-0.2, 0) is 21.3 Å². The molecule has 1 fully saturated rings. The number of aliphatic hydroxyl groups is 1. The van der Waals surface area contributed by atoms with E-state index in [-0.39, 0.29) is 23.4 Å². The molecule has 0 unspecified atom stereocenters. The number of hydrogen-bond acceptors (Lipinski definition) is 7. The van der Waals surface area contributed by atoms with Gasteiger partial charge < -0.3 is 14.6 Å². The molecule has 2 heterocycles. The third kappa shape index (κ3) is 5.61. The topological polar surface area (TPSA) is 116 Å². The molecular weight excluding hydrogens is 463 g/mol. The molecular formula is C23H27FN4O5S. The maximum atomic E-state index is 14.0. The molecule has 34 heavy (non-hydrogen) atoms. The van der Waals surface area contributed by atoms with Crippen LogP contribution in [0.25, 0.3) is 11.3 Å². The lowest BCUT2D eigenvalue weighted by molar-refractivity contribution is -0.0891. The van der Waals surface area contributed by atoms with Crippen LogP contribution in [0.1, 0.15) is 19.3 Å². The van der Waals surface area contributed by atoms with Gasteiger partial charge in [-0.1, -0.05) is 17.3 Å². The van der Waals surface area contributed by atoms with E-state index in [1.54, 1.807) is 41.2 Å². The number of aromatic nitrogens is 3. The second kappa shape index (κ2) is 10.6. The Morgan fingerprint density at radius 1 is 1.21 bits per heavy atom. The lowest BCUT2D eigenvalue weighted by atomic mass is 9.98. The van der Waals surface area contributed by atoms with E-state index in [1.165, 1.54) is 25.3 Å². The number of benzene rings is 2. The van der Waals surface area contributed by atoms with Crippen molar-refractivity contribution in [1.82, 2.24) is 19.7 Å². The van der Waals surface area contributed by atoms with Crippen LogP contribution in [0.2, 0.25) is 0 Å². The Bertz CT molecular complexity index is 1200. The number of halogens is 1. The van der Waals surface area contributed by atoms with Crippen molar-refractivity contribution >= 4 is 10.0 Å². The Hall–Kier alpha value is -2.86. The van der Waals surface area contributed by atoms with E-state index in [4.69, 9.17) is 9.47 Å². The summed E-state index contributed by atoms with van der Waals surface area (Å²) >= 11 is 0. The number of hydrogen-bond donors (Lipinski definition) is 2. The third-order valence-electron chi connectivity index (χ3n) is 5.84. The SMILES string of the molecule is COc1ccc(S(=O)(=O)N[C@H]2CC[C@H](CCn3cc(-c4ccccc4F)nn3)O[C@@H]2CO)cc1. The number of ether oxygens (including phenoxy) is 2. The molecule has 9 nitrogen and oxygen atoms in total. The Morgan fingerprint density at radius 3 is 2.68 bits per heavy atom. The Balaban J connectivity index is 1.33. The number of rotatable bonds is 9. The number of sulfonamides is 1. The Kier molecular flexibility index (Phi) is 7.57. The van der Waals surface area contributed by atoms with Crippen LogP contribution in [0.15, 0.2) is 59.6 Å². The van der Waals surface area contributed by atoms with E-state index < -0.39 is 22.2 Å². The smallest absolute Gasteiger partial charge is 0.240 e. The molecule has 1 aliphatic heterocycles. The van der Waals surface area contributed by atoms with Gasteiger partial charge in [0.2, 0.25) is 10.0 Å². The zero-order chi connectivity index (χ0) is 24.1. The summed E-state index contributed by atoms with van der Waals surface area (Å²) < 4.78 is 54.8. The van der Waals surface area contributed by atoms with Crippen molar-refractivity contribution in [1.29, 1.82) is 0 Å². The largest absolute Gasteiger partial charge is 0.497 e. The first-order valence-electron chi connectivity index (χ1n) is 11.0. The highest BCUT2D eigenvalue weighted by Crippen LogP contribution is 2.25. The number of nitrogens with zero attached hydrogens (tertiary/aromatic N) is 3. The average molecular weight is 491 g/mol. The van der Waals surface area contributed by atoms with Crippen molar-refractivity contribution in [3.05, 3.63) is 60.5 Å². The maximum absolute atomic E-state index is 14.0. The maximum Gasteiger partial charge on any atom is 0.240 e. The minimum atomic E-state index is -3.78. The number of methoxy groups -OCH3 is 1. The van der Waals surface area contributed by atoms with Crippen molar-refractivity contribution < 1.29 is 27.4 Å². The van der Waals surface area contributed by atoms with Crippen LogP contribution >= 0.6 is 0 Å². The van der Waals surface area contributed by atoms with Crippen LogP contribution in [0.4, 0.5) is 4.39 Å². The molecule has 0 saturated carbocycles. The van der Waals surface area contributed by atoms with E-state index in [9.17, 15) is 17.9 Å². The van der Waals surface area contributed by atoms with Gasteiger partial charge in [0, 0.05) is 12.1 Å². The van der Waals surface area contributed by atoms with Crippen molar-refractivity contribution in [2.75, 3.05) is 13.7 Å². The van der Waals surface area contributed by atoms with Crippen LogP contribution < -0.4 is 9.46 Å². The second-order valence-corrected chi connectivity index (χ2v) is 9.81. The lowest BCUT2D eigenvalue weighted by Crippen LogP contribution is -2.50. The van der Waals surface area contributed by atoms with Crippen molar-refractivity contribution in [2.24, 2.45) is 0 Å². The highest BCUT2D eigenvalue weighted by Gasteiger charge is 2.34. The fourth-order valence-corrected chi connectivity index (χ4v) is 5.28. The molecule has 0 bridgehead atoms. The molecule has 0 radical (unpaired) electrons. The standard InChI is InChI=1S/C23H27FN4O5S/c1-32-16-6-9-18(10-7-16)34(30,31)26-21-11-8-17(33-23(21)15-29)12-13-28-14-22(25-27-28)19-4-2-3-5-20(19)24/h2-7,9-10,14,17,21,23,26,29H,8,11-13,15H2,1H3/t17-,21+,23-/m1/s1. The van der Waals surface area contributed by atoms with Gasteiger partial charge in [0.25, 0.3) is 0 Å². The summed E-state index contributed by atoms with van der Waals surface area (Å²) in [6.45, 7) is 0.180. The normalized spacial score (nSPS) is 20.9. The van der Waals surface area contributed by atoms with Gasteiger partial charge in [-0.05, 0) is 55.7 Å². The summed E-state index contributed by atoms with van der Waals surface area (Å²) in [5.41, 5.74) is 0.832. The zero-order valence-corrected chi connectivity index (χ0v) is 19.5. The van der Waals surface area contributed by atoms with Crippen molar-refractivity contribution in [3.63, 3.8) is 0 Å². The number of nitrogens with one attached hydrogen (secondary N) is 1. The molecule has 3 aromatic rings. The first-order valence-corrected chi connectivity index (χ1v) is 12.5. The summed E-state index contributed by atoms with van der Waals surface area (Å²) in [6.07, 6.45) is 2.55. The fourth-order valence-electron chi connectivity index (χ4n) is 3.98. The summed E-state index contributed by atoms with van der Waals surface area (Å²) in [5.74, 6) is 0.198. The van der Waals surface area contributed by atoms with Gasteiger partial charge >= 0.3 is 0 Å². The fraction of sp³-hybridized carbons (Fsp3) is 0.391. The number of aliphatic hydroxyl groups excluding tert-OH is 1. The quantitative estimate of drug-likeness (QED) is 0.473. The van der Waals surface area contributed by atoms with Gasteiger partial charge in [-0.25, -0.2) is 17.5 Å². The molecule has 1 aliphatic rings. The second-order valence-electron chi connectivity index (χ2n) is 8.10. The van der Waals surface area contributed by atoms with E-state index in [0.717, 1.165) is 0 Å². The molecule has 2 N–H and O–H groups in total. The zero-order valence-electron chi connectivity index (χ0n) is 18.7. The minimum Gasteiger partial charge on any atom is -0.497 e. The predicted octanol–water partition coefficient (Wildman–Crippen LogP) is 2.37.